The maximum Gasteiger partial charge on any atom is 0.417 e. The fourth-order valence-corrected chi connectivity index (χ4v) is 3.07. The second kappa shape index (κ2) is 4.67. The minimum atomic E-state index is -4.32. The molecule has 0 spiro atoms. The van der Waals surface area contributed by atoms with Gasteiger partial charge >= 0.3 is 6.18 Å². The highest BCUT2D eigenvalue weighted by molar-refractivity contribution is 5.47. The van der Waals surface area contributed by atoms with Gasteiger partial charge in [0, 0.05) is 19.3 Å². The molecule has 2 unspecified atom stereocenters. The molecule has 104 valence electrons. The van der Waals surface area contributed by atoms with E-state index in [0.717, 1.165) is 32.4 Å². The first-order chi connectivity index (χ1) is 9.02. The van der Waals surface area contributed by atoms with Crippen LogP contribution in [0.3, 0.4) is 0 Å². The van der Waals surface area contributed by atoms with Gasteiger partial charge < -0.3 is 10.2 Å². The molecule has 2 aliphatic rings. The Morgan fingerprint density at radius 3 is 2.47 bits per heavy atom. The van der Waals surface area contributed by atoms with Crippen molar-refractivity contribution in [1.29, 1.82) is 0 Å². The summed E-state index contributed by atoms with van der Waals surface area (Å²) in [4.78, 5) is 5.79. The lowest BCUT2D eigenvalue weighted by atomic mass is 9.85. The predicted molar refractivity (Wildman–Crippen MR) is 65.9 cm³/mol. The number of hydrogen-bond donors (Lipinski definition) is 1. The summed E-state index contributed by atoms with van der Waals surface area (Å²) < 4.78 is 38.1. The fraction of sp³-hybridized carbons (Fsp3) is 0.615. The molecule has 2 atom stereocenters. The van der Waals surface area contributed by atoms with Crippen molar-refractivity contribution in [1.82, 2.24) is 10.3 Å². The van der Waals surface area contributed by atoms with Gasteiger partial charge in [-0.25, -0.2) is 0 Å². The second-order valence-electron chi connectivity index (χ2n) is 5.46. The summed E-state index contributed by atoms with van der Waals surface area (Å²) >= 11 is 0. The number of fused-ring (bicyclic) bond motifs is 2. The third-order valence-electron chi connectivity index (χ3n) is 3.91. The van der Waals surface area contributed by atoms with E-state index in [0.29, 0.717) is 17.5 Å². The summed E-state index contributed by atoms with van der Waals surface area (Å²) in [5.74, 6) is 1.06. The zero-order chi connectivity index (χ0) is 13.5. The molecule has 0 aromatic carbocycles. The van der Waals surface area contributed by atoms with E-state index in [1.807, 2.05) is 4.90 Å². The molecule has 0 radical (unpaired) electrons. The molecular formula is C13H16F3N3. The first kappa shape index (κ1) is 12.7. The molecule has 3 nitrogen and oxygen atoms in total. The van der Waals surface area contributed by atoms with Crippen LogP contribution in [-0.4, -0.2) is 31.2 Å². The van der Waals surface area contributed by atoms with Crippen LogP contribution in [0.5, 0.6) is 0 Å². The molecule has 0 amide bonds. The Bertz CT molecular complexity index is 449. The lowest BCUT2D eigenvalue weighted by Gasteiger charge is -2.42. The van der Waals surface area contributed by atoms with Crippen LogP contribution in [0.2, 0.25) is 0 Å². The third-order valence-corrected chi connectivity index (χ3v) is 3.91. The van der Waals surface area contributed by atoms with Gasteiger partial charge in [-0.1, -0.05) is 0 Å². The Morgan fingerprint density at radius 2 is 1.84 bits per heavy atom. The highest BCUT2D eigenvalue weighted by Gasteiger charge is 2.34. The van der Waals surface area contributed by atoms with Gasteiger partial charge in [-0.15, -0.1) is 0 Å². The molecule has 6 heteroatoms. The number of hydrogen-bond acceptors (Lipinski definition) is 3. The highest BCUT2D eigenvalue weighted by atomic mass is 19.4. The number of rotatable bonds is 1. The Hall–Kier alpha value is -1.30. The quantitative estimate of drug-likeness (QED) is 0.848. The number of aromatic nitrogens is 1. The number of alkyl halides is 3. The standard InChI is InChI=1S/C13H16F3N3/c14-13(15,16)11-2-12(6-18-5-11)19-7-9-1-10(8-19)4-17-3-9/h2,5-6,9-10,17H,1,3-4,7-8H2. The van der Waals surface area contributed by atoms with Gasteiger partial charge in [0.25, 0.3) is 0 Å². The van der Waals surface area contributed by atoms with Crippen LogP contribution in [0.25, 0.3) is 0 Å². The number of nitrogens with zero attached hydrogens (tertiary/aromatic N) is 2. The first-order valence-corrected chi connectivity index (χ1v) is 6.50. The highest BCUT2D eigenvalue weighted by Crippen LogP contribution is 2.33. The SMILES string of the molecule is FC(F)(F)c1cncc(N2CC3CNCC(C3)C2)c1. The van der Waals surface area contributed by atoms with E-state index in [1.165, 1.54) is 18.7 Å². The number of anilines is 1. The lowest BCUT2D eigenvalue weighted by molar-refractivity contribution is -0.137. The zero-order valence-electron chi connectivity index (χ0n) is 10.5. The number of piperidine rings is 2. The summed E-state index contributed by atoms with van der Waals surface area (Å²) in [5, 5.41) is 3.37. The van der Waals surface area contributed by atoms with Crippen molar-refractivity contribution in [3.05, 3.63) is 24.0 Å². The van der Waals surface area contributed by atoms with E-state index in [2.05, 4.69) is 10.3 Å². The number of halogens is 3. The Labute approximate surface area is 109 Å². The van der Waals surface area contributed by atoms with E-state index >= 15 is 0 Å². The molecule has 2 bridgehead atoms. The van der Waals surface area contributed by atoms with Crippen molar-refractivity contribution in [3.63, 3.8) is 0 Å². The van der Waals surface area contributed by atoms with Crippen molar-refractivity contribution < 1.29 is 13.2 Å². The predicted octanol–water partition coefficient (Wildman–Crippen LogP) is 2.15. The van der Waals surface area contributed by atoms with Gasteiger partial charge in [0.2, 0.25) is 0 Å². The molecule has 3 rings (SSSR count). The zero-order valence-corrected chi connectivity index (χ0v) is 10.5. The minimum Gasteiger partial charge on any atom is -0.370 e. The lowest BCUT2D eigenvalue weighted by Crippen LogP contribution is -2.51. The van der Waals surface area contributed by atoms with Gasteiger partial charge in [-0.3, -0.25) is 4.98 Å². The molecule has 0 aliphatic carbocycles. The number of pyridine rings is 1. The van der Waals surface area contributed by atoms with Crippen molar-refractivity contribution >= 4 is 5.69 Å². The van der Waals surface area contributed by atoms with E-state index in [4.69, 9.17) is 0 Å². The van der Waals surface area contributed by atoms with E-state index in [9.17, 15) is 13.2 Å². The Kier molecular flexibility index (Phi) is 3.12. The van der Waals surface area contributed by atoms with Crippen molar-refractivity contribution in [3.8, 4) is 0 Å². The molecule has 2 aliphatic heterocycles. The maximum atomic E-state index is 12.7. The third kappa shape index (κ3) is 2.68. The minimum absolute atomic E-state index is 0.530. The van der Waals surface area contributed by atoms with E-state index < -0.39 is 11.7 Å². The van der Waals surface area contributed by atoms with Crippen molar-refractivity contribution in [2.45, 2.75) is 12.6 Å². The summed E-state index contributed by atoms with van der Waals surface area (Å²) in [7, 11) is 0. The van der Waals surface area contributed by atoms with E-state index in [-0.39, 0.29) is 0 Å². The van der Waals surface area contributed by atoms with Crippen LogP contribution in [0.1, 0.15) is 12.0 Å². The molecule has 1 aromatic heterocycles. The average Bonchev–Trinajstić information content (AvgIpc) is 2.37. The molecule has 3 heterocycles. The summed E-state index contributed by atoms with van der Waals surface area (Å²) in [5.41, 5.74) is -0.0784. The second-order valence-corrected chi connectivity index (χ2v) is 5.46. The van der Waals surface area contributed by atoms with Gasteiger partial charge in [0.15, 0.2) is 0 Å². The molecule has 1 aromatic rings. The molecule has 2 fully saturated rings. The maximum absolute atomic E-state index is 12.7. The number of nitrogens with one attached hydrogen (secondary N) is 1. The largest absolute Gasteiger partial charge is 0.417 e. The van der Waals surface area contributed by atoms with Crippen LogP contribution < -0.4 is 10.2 Å². The normalized spacial score (nSPS) is 27.4. The Morgan fingerprint density at radius 1 is 1.16 bits per heavy atom. The van der Waals surface area contributed by atoms with Crippen molar-refractivity contribution in [2.24, 2.45) is 11.8 Å². The smallest absolute Gasteiger partial charge is 0.370 e. The summed E-state index contributed by atoms with van der Waals surface area (Å²) in [6.45, 7) is 3.54. The molecule has 0 saturated carbocycles. The Balaban J connectivity index is 1.82. The molecule has 1 N–H and O–H groups in total. The van der Waals surface area contributed by atoms with Crippen LogP contribution in [0, 0.1) is 11.8 Å². The van der Waals surface area contributed by atoms with Gasteiger partial charge in [-0.05, 0) is 37.4 Å². The van der Waals surface area contributed by atoms with Gasteiger partial charge in [0.1, 0.15) is 0 Å². The van der Waals surface area contributed by atoms with E-state index in [1.54, 1.807) is 0 Å². The summed E-state index contributed by atoms with van der Waals surface area (Å²) in [6.07, 6.45) is -0.730. The molecule has 19 heavy (non-hydrogen) atoms. The first-order valence-electron chi connectivity index (χ1n) is 6.50. The average molecular weight is 271 g/mol. The fourth-order valence-electron chi connectivity index (χ4n) is 3.07. The van der Waals surface area contributed by atoms with Gasteiger partial charge in [-0.2, -0.15) is 13.2 Å². The molecule has 2 saturated heterocycles. The van der Waals surface area contributed by atoms with Gasteiger partial charge in [0.05, 0.1) is 17.4 Å². The van der Waals surface area contributed by atoms with Crippen LogP contribution >= 0.6 is 0 Å². The van der Waals surface area contributed by atoms with Crippen molar-refractivity contribution in [2.75, 3.05) is 31.1 Å². The summed E-state index contributed by atoms with van der Waals surface area (Å²) in [6, 6.07) is 1.21. The monoisotopic (exact) mass is 271 g/mol. The van der Waals surface area contributed by atoms with Crippen LogP contribution in [0.4, 0.5) is 18.9 Å². The molecular weight excluding hydrogens is 255 g/mol. The topological polar surface area (TPSA) is 28.2 Å². The van der Waals surface area contributed by atoms with Crippen LogP contribution in [0.15, 0.2) is 18.5 Å². The van der Waals surface area contributed by atoms with Crippen LogP contribution in [-0.2, 0) is 6.18 Å².